The normalized spacial score (nSPS) is 18.8. The fourth-order valence-corrected chi connectivity index (χ4v) is 5.71. The fourth-order valence-electron chi connectivity index (χ4n) is 5.04. The van der Waals surface area contributed by atoms with E-state index in [0.717, 1.165) is 49.2 Å². The molecule has 33 heavy (non-hydrogen) atoms. The Kier molecular flexibility index (Phi) is 6.46. The van der Waals surface area contributed by atoms with Gasteiger partial charge in [-0.3, -0.25) is 9.59 Å². The molecule has 7 nitrogen and oxygen atoms in total. The highest BCUT2D eigenvalue weighted by atomic mass is 32.1. The van der Waals surface area contributed by atoms with Gasteiger partial charge in [-0.2, -0.15) is 11.3 Å². The lowest BCUT2D eigenvalue weighted by Gasteiger charge is -2.13. The third-order valence-electron chi connectivity index (χ3n) is 6.73. The molecule has 2 aliphatic rings. The van der Waals surface area contributed by atoms with Crippen LogP contribution in [-0.4, -0.2) is 28.0 Å². The van der Waals surface area contributed by atoms with Crippen LogP contribution in [0.1, 0.15) is 72.8 Å². The van der Waals surface area contributed by atoms with Crippen LogP contribution in [0.4, 0.5) is 5.69 Å². The number of nitrogens with zero attached hydrogens (tertiary/aromatic N) is 2. The molecule has 0 unspecified atom stereocenters. The number of hydrogen-bond donors (Lipinski definition) is 2. The number of thiophene rings is 1. The number of rotatable bonds is 7. The number of carbonyl (C=O) groups excluding carboxylic acids is 2. The standard InChI is InChI=1S/C25H30N4O3S/c1-29-23-19(25(31)26-14-17-8-10-33-15-17)12-18(27-22(30)11-16-5-2-3-6-16)13-20(23)28-24(29)21-7-4-9-32-21/h8,10,12-13,15-16,21H,2-7,9,11,14H2,1H3,(H,26,31)(H,27,30)/t21-/m1/s1. The second-order valence-electron chi connectivity index (χ2n) is 9.14. The van der Waals surface area contributed by atoms with Gasteiger partial charge in [0.1, 0.15) is 11.9 Å². The van der Waals surface area contributed by atoms with Crippen molar-refractivity contribution in [2.45, 2.75) is 57.6 Å². The molecular weight excluding hydrogens is 436 g/mol. The van der Waals surface area contributed by atoms with Crippen molar-refractivity contribution in [1.29, 1.82) is 0 Å². The van der Waals surface area contributed by atoms with Crippen molar-refractivity contribution in [3.05, 3.63) is 45.9 Å². The topological polar surface area (TPSA) is 85.2 Å². The maximum absolute atomic E-state index is 13.3. The van der Waals surface area contributed by atoms with Crippen LogP contribution in [0.2, 0.25) is 0 Å². The Morgan fingerprint density at radius 3 is 2.79 bits per heavy atom. The first kappa shape index (κ1) is 22.1. The van der Waals surface area contributed by atoms with Crippen molar-refractivity contribution in [3.63, 3.8) is 0 Å². The van der Waals surface area contributed by atoms with Crippen LogP contribution in [0.5, 0.6) is 0 Å². The summed E-state index contributed by atoms with van der Waals surface area (Å²) in [5.41, 5.74) is 3.65. The van der Waals surface area contributed by atoms with Gasteiger partial charge in [-0.1, -0.05) is 12.8 Å². The van der Waals surface area contributed by atoms with Gasteiger partial charge < -0.3 is 19.9 Å². The van der Waals surface area contributed by atoms with Crippen LogP contribution in [0.3, 0.4) is 0 Å². The number of carbonyl (C=O) groups is 2. The number of benzene rings is 1. The Labute approximate surface area is 197 Å². The summed E-state index contributed by atoms with van der Waals surface area (Å²) in [6, 6.07) is 5.65. The van der Waals surface area contributed by atoms with Crippen LogP contribution in [0, 0.1) is 5.92 Å². The number of anilines is 1. The van der Waals surface area contributed by atoms with E-state index in [1.54, 1.807) is 17.4 Å². The molecule has 2 N–H and O–H groups in total. The molecule has 3 heterocycles. The Balaban J connectivity index is 1.45. The van der Waals surface area contributed by atoms with Crippen molar-refractivity contribution in [3.8, 4) is 0 Å². The number of ether oxygens (including phenoxy) is 1. The Morgan fingerprint density at radius 1 is 1.21 bits per heavy atom. The Morgan fingerprint density at radius 2 is 2.06 bits per heavy atom. The average Bonchev–Trinajstić information content (AvgIpc) is 3.59. The molecule has 174 valence electrons. The van der Waals surface area contributed by atoms with Crippen molar-refractivity contribution >= 4 is 39.9 Å². The maximum atomic E-state index is 13.3. The second-order valence-corrected chi connectivity index (χ2v) is 9.92. The van der Waals surface area contributed by atoms with Crippen LogP contribution in [0.15, 0.2) is 29.0 Å². The fraction of sp³-hybridized carbons (Fsp3) is 0.480. The summed E-state index contributed by atoms with van der Waals surface area (Å²) in [7, 11) is 1.93. The molecule has 1 aliphatic heterocycles. The van der Waals surface area contributed by atoms with Crippen LogP contribution in [0.25, 0.3) is 11.0 Å². The summed E-state index contributed by atoms with van der Waals surface area (Å²) in [5, 5.41) is 10.1. The largest absolute Gasteiger partial charge is 0.370 e. The molecule has 1 atom stereocenters. The van der Waals surface area contributed by atoms with Gasteiger partial charge in [0, 0.05) is 32.3 Å². The van der Waals surface area contributed by atoms with Gasteiger partial charge in [-0.25, -0.2) is 4.98 Å². The number of aromatic nitrogens is 2. The van der Waals surface area contributed by atoms with E-state index in [4.69, 9.17) is 9.72 Å². The van der Waals surface area contributed by atoms with Gasteiger partial charge in [0.2, 0.25) is 5.91 Å². The quantitative estimate of drug-likeness (QED) is 0.517. The molecule has 8 heteroatoms. The van der Waals surface area contributed by atoms with E-state index in [-0.39, 0.29) is 17.9 Å². The molecule has 2 amide bonds. The highest BCUT2D eigenvalue weighted by Gasteiger charge is 2.26. The van der Waals surface area contributed by atoms with E-state index < -0.39 is 0 Å². The summed E-state index contributed by atoms with van der Waals surface area (Å²) in [4.78, 5) is 30.8. The van der Waals surface area contributed by atoms with Gasteiger partial charge in [0.05, 0.1) is 16.6 Å². The molecule has 1 saturated heterocycles. The SMILES string of the molecule is Cn1c([C@H]2CCCO2)nc2cc(NC(=O)CC3CCCC3)cc(C(=O)NCc3ccsc3)c21. The highest BCUT2D eigenvalue weighted by Crippen LogP contribution is 2.33. The smallest absolute Gasteiger partial charge is 0.253 e. The summed E-state index contributed by atoms with van der Waals surface area (Å²) in [6.07, 6.45) is 7.04. The molecule has 1 saturated carbocycles. The van der Waals surface area contributed by atoms with Crippen molar-refractivity contribution in [2.24, 2.45) is 13.0 Å². The Hall–Kier alpha value is -2.71. The molecular formula is C25H30N4O3S. The number of hydrogen-bond acceptors (Lipinski definition) is 5. The molecule has 2 fully saturated rings. The van der Waals surface area contributed by atoms with E-state index in [2.05, 4.69) is 10.6 Å². The number of aryl methyl sites for hydroxylation is 1. The molecule has 0 radical (unpaired) electrons. The molecule has 2 aromatic heterocycles. The minimum Gasteiger partial charge on any atom is -0.370 e. The minimum absolute atomic E-state index is 0.00108. The first-order valence-corrected chi connectivity index (χ1v) is 12.7. The average molecular weight is 467 g/mol. The van der Waals surface area contributed by atoms with E-state index in [9.17, 15) is 9.59 Å². The summed E-state index contributed by atoms with van der Waals surface area (Å²) < 4.78 is 7.83. The maximum Gasteiger partial charge on any atom is 0.253 e. The molecule has 0 bridgehead atoms. The lowest BCUT2D eigenvalue weighted by Crippen LogP contribution is -2.24. The number of amides is 2. The number of imidazole rings is 1. The third kappa shape index (κ3) is 4.82. The zero-order chi connectivity index (χ0) is 22.8. The van der Waals surface area contributed by atoms with Crippen LogP contribution in [-0.2, 0) is 23.1 Å². The van der Waals surface area contributed by atoms with Gasteiger partial charge in [-0.15, -0.1) is 0 Å². The lowest BCUT2D eigenvalue weighted by molar-refractivity contribution is -0.117. The van der Waals surface area contributed by atoms with Gasteiger partial charge in [0.15, 0.2) is 0 Å². The monoisotopic (exact) mass is 466 g/mol. The first-order chi connectivity index (χ1) is 16.1. The van der Waals surface area contributed by atoms with E-state index in [1.165, 1.54) is 12.8 Å². The predicted octanol–water partition coefficient (Wildman–Crippen LogP) is 4.94. The van der Waals surface area contributed by atoms with E-state index in [0.29, 0.717) is 35.7 Å². The zero-order valence-electron chi connectivity index (χ0n) is 18.9. The molecule has 1 aromatic carbocycles. The molecule has 0 spiro atoms. The third-order valence-corrected chi connectivity index (χ3v) is 7.46. The van der Waals surface area contributed by atoms with Gasteiger partial charge in [0.25, 0.3) is 5.91 Å². The second kappa shape index (κ2) is 9.65. The van der Waals surface area contributed by atoms with Crippen molar-refractivity contribution in [2.75, 3.05) is 11.9 Å². The summed E-state index contributed by atoms with van der Waals surface area (Å²) >= 11 is 1.60. The van der Waals surface area contributed by atoms with Crippen LogP contribution < -0.4 is 10.6 Å². The Bertz CT molecular complexity index is 1140. The van der Waals surface area contributed by atoms with E-state index in [1.807, 2.05) is 34.5 Å². The van der Waals surface area contributed by atoms with Crippen molar-refractivity contribution in [1.82, 2.24) is 14.9 Å². The number of nitrogens with one attached hydrogen (secondary N) is 2. The summed E-state index contributed by atoms with van der Waals surface area (Å²) in [5.74, 6) is 1.10. The van der Waals surface area contributed by atoms with E-state index >= 15 is 0 Å². The summed E-state index contributed by atoms with van der Waals surface area (Å²) in [6.45, 7) is 1.18. The molecule has 1 aliphatic carbocycles. The first-order valence-electron chi connectivity index (χ1n) is 11.8. The minimum atomic E-state index is -0.181. The van der Waals surface area contributed by atoms with Crippen LogP contribution >= 0.6 is 11.3 Å². The van der Waals surface area contributed by atoms with Gasteiger partial charge in [-0.05, 0) is 66.1 Å². The van der Waals surface area contributed by atoms with Crippen molar-refractivity contribution < 1.29 is 14.3 Å². The number of fused-ring (bicyclic) bond motifs is 1. The molecule has 3 aromatic rings. The highest BCUT2D eigenvalue weighted by molar-refractivity contribution is 7.07. The molecule has 5 rings (SSSR count). The zero-order valence-corrected chi connectivity index (χ0v) is 19.7. The lowest BCUT2D eigenvalue weighted by atomic mass is 10.0. The van der Waals surface area contributed by atoms with Gasteiger partial charge >= 0.3 is 0 Å². The predicted molar refractivity (Wildman–Crippen MR) is 129 cm³/mol.